The molecule has 0 saturated carbocycles. The van der Waals surface area contributed by atoms with Crippen LogP contribution >= 0.6 is 0 Å². The fourth-order valence-electron chi connectivity index (χ4n) is 1.54. The molecule has 0 radical (unpaired) electrons. The maximum atomic E-state index is 12.6. The van der Waals surface area contributed by atoms with E-state index in [9.17, 15) is 31.1 Å². The molecule has 0 atom stereocenters. The molecule has 0 amide bonds. The quantitative estimate of drug-likeness (QED) is 0.791. The van der Waals surface area contributed by atoms with Crippen LogP contribution in [0.2, 0.25) is 0 Å². The van der Waals surface area contributed by atoms with E-state index in [1.54, 1.807) is 0 Å². The van der Waals surface area contributed by atoms with E-state index in [0.29, 0.717) is 13.0 Å². The van der Waals surface area contributed by atoms with Crippen molar-refractivity contribution in [2.24, 2.45) is 0 Å². The average molecular weight is 272 g/mol. The summed E-state index contributed by atoms with van der Waals surface area (Å²) in [5, 5.41) is 8.60. The van der Waals surface area contributed by atoms with Crippen LogP contribution in [0.5, 0.6) is 0 Å². The summed E-state index contributed by atoms with van der Waals surface area (Å²) in [5.74, 6) is -1.72. The highest BCUT2D eigenvalue weighted by molar-refractivity contribution is 5.90. The molecule has 2 nitrogen and oxygen atoms in total. The third kappa shape index (κ3) is 2.57. The number of alkyl halides is 6. The van der Waals surface area contributed by atoms with E-state index in [1.807, 2.05) is 0 Å². The Labute approximate surface area is 96.8 Å². The number of hydrogen-bond donors (Lipinski definition) is 1. The fourth-order valence-corrected chi connectivity index (χ4v) is 1.54. The van der Waals surface area contributed by atoms with Crippen molar-refractivity contribution in [1.29, 1.82) is 0 Å². The van der Waals surface area contributed by atoms with E-state index in [0.717, 1.165) is 0 Å². The van der Waals surface area contributed by atoms with Crippen LogP contribution in [-0.4, -0.2) is 11.1 Å². The number of halogens is 6. The maximum absolute atomic E-state index is 12.6. The van der Waals surface area contributed by atoms with Crippen LogP contribution in [-0.2, 0) is 12.4 Å². The van der Waals surface area contributed by atoms with Gasteiger partial charge in [-0.15, -0.1) is 0 Å². The Morgan fingerprint density at radius 2 is 1.56 bits per heavy atom. The van der Waals surface area contributed by atoms with Crippen LogP contribution < -0.4 is 0 Å². The molecule has 1 rings (SSSR count). The lowest BCUT2D eigenvalue weighted by atomic mass is 9.96. The normalized spacial score (nSPS) is 12.6. The van der Waals surface area contributed by atoms with Gasteiger partial charge in [-0.3, -0.25) is 0 Å². The van der Waals surface area contributed by atoms with E-state index in [-0.39, 0.29) is 6.07 Å². The first-order chi connectivity index (χ1) is 7.96. The van der Waals surface area contributed by atoms with E-state index >= 15 is 0 Å². The lowest BCUT2D eigenvalue weighted by molar-refractivity contribution is -0.162. The summed E-state index contributed by atoms with van der Waals surface area (Å²) in [6.45, 7) is 0.696. The average Bonchev–Trinajstić information content (AvgIpc) is 2.12. The number of carboxylic acids is 1. The number of aromatic carboxylic acids is 1. The van der Waals surface area contributed by atoms with Crippen molar-refractivity contribution in [2.45, 2.75) is 19.3 Å². The fraction of sp³-hybridized carbons (Fsp3) is 0.300. The van der Waals surface area contributed by atoms with Gasteiger partial charge in [0.25, 0.3) is 0 Å². The van der Waals surface area contributed by atoms with Gasteiger partial charge in [-0.05, 0) is 24.6 Å². The van der Waals surface area contributed by atoms with Crippen molar-refractivity contribution >= 4 is 5.97 Å². The molecule has 100 valence electrons. The SMILES string of the molecule is Cc1c(C(=O)O)ccc(C(F)(F)F)c1C(F)(F)F. The van der Waals surface area contributed by atoms with E-state index in [2.05, 4.69) is 0 Å². The number of hydrogen-bond acceptors (Lipinski definition) is 1. The van der Waals surface area contributed by atoms with Crippen molar-refractivity contribution in [3.8, 4) is 0 Å². The highest BCUT2D eigenvalue weighted by Gasteiger charge is 2.45. The predicted octanol–water partition coefficient (Wildman–Crippen LogP) is 3.73. The highest BCUT2D eigenvalue weighted by atomic mass is 19.4. The van der Waals surface area contributed by atoms with Gasteiger partial charge >= 0.3 is 18.3 Å². The topological polar surface area (TPSA) is 37.3 Å². The molecule has 8 heteroatoms. The van der Waals surface area contributed by atoms with Gasteiger partial charge in [0.1, 0.15) is 0 Å². The van der Waals surface area contributed by atoms with E-state index < -0.39 is 40.6 Å². The van der Waals surface area contributed by atoms with E-state index in [1.165, 1.54) is 0 Å². The molecule has 0 spiro atoms. The second-order valence-corrected chi connectivity index (χ2v) is 3.46. The van der Waals surface area contributed by atoms with Crippen molar-refractivity contribution in [3.63, 3.8) is 0 Å². The number of carboxylic acid groups (broad SMARTS) is 1. The molecule has 0 aliphatic heterocycles. The Hall–Kier alpha value is -1.73. The lowest BCUT2D eigenvalue weighted by Gasteiger charge is -2.18. The molecule has 18 heavy (non-hydrogen) atoms. The molecule has 1 aromatic carbocycles. The number of benzene rings is 1. The second kappa shape index (κ2) is 4.18. The molecule has 0 aliphatic carbocycles. The van der Waals surface area contributed by atoms with Gasteiger partial charge in [-0.2, -0.15) is 26.3 Å². The van der Waals surface area contributed by atoms with Gasteiger partial charge in [-0.1, -0.05) is 0 Å². The maximum Gasteiger partial charge on any atom is 0.417 e. The van der Waals surface area contributed by atoms with Gasteiger partial charge in [-0.25, -0.2) is 4.79 Å². The summed E-state index contributed by atoms with van der Waals surface area (Å²) in [4.78, 5) is 10.6. The van der Waals surface area contributed by atoms with Crippen molar-refractivity contribution < 1.29 is 36.2 Å². The first-order valence-electron chi connectivity index (χ1n) is 4.47. The summed E-state index contributed by atoms with van der Waals surface area (Å²) in [6, 6.07) is 0.634. The van der Waals surface area contributed by atoms with Crippen molar-refractivity contribution in [3.05, 3.63) is 34.4 Å². The van der Waals surface area contributed by atoms with Gasteiger partial charge in [0.2, 0.25) is 0 Å². The summed E-state index contributed by atoms with van der Waals surface area (Å²) >= 11 is 0. The molecule has 0 fully saturated rings. The molecule has 0 saturated heterocycles. The Kier molecular flexibility index (Phi) is 3.33. The third-order valence-corrected chi connectivity index (χ3v) is 2.28. The first kappa shape index (κ1) is 14.3. The monoisotopic (exact) mass is 272 g/mol. The smallest absolute Gasteiger partial charge is 0.417 e. The molecule has 0 aromatic heterocycles. The summed E-state index contributed by atoms with van der Waals surface area (Å²) < 4.78 is 75.1. The number of rotatable bonds is 1. The first-order valence-corrected chi connectivity index (χ1v) is 4.47. The summed E-state index contributed by atoms with van der Waals surface area (Å²) in [6.07, 6.45) is -10.5. The summed E-state index contributed by atoms with van der Waals surface area (Å²) in [5.41, 5.74) is -5.62. The molecule has 0 unspecified atom stereocenters. The van der Waals surface area contributed by atoms with Crippen LogP contribution in [0.25, 0.3) is 0 Å². The van der Waals surface area contributed by atoms with Crippen LogP contribution in [0.15, 0.2) is 12.1 Å². The molecule has 0 heterocycles. The zero-order chi connectivity index (χ0) is 14.3. The Balaban J connectivity index is 3.69. The third-order valence-electron chi connectivity index (χ3n) is 2.28. The Morgan fingerprint density at radius 3 is 1.89 bits per heavy atom. The Bertz CT molecular complexity index is 486. The Morgan fingerprint density at radius 1 is 1.06 bits per heavy atom. The minimum absolute atomic E-state index is 0.124. The van der Waals surface area contributed by atoms with Crippen molar-refractivity contribution in [1.82, 2.24) is 0 Å². The largest absolute Gasteiger partial charge is 0.478 e. The second-order valence-electron chi connectivity index (χ2n) is 3.46. The van der Waals surface area contributed by atoms with Gasteiger partial charge in [0, 0.05) is 0 Å². The number of carbonyl (C=O) groups is 1. The van der Waals surface area contributed by atoms with Crippen LogP contribution in [0.3, 0.4) is 0 Å². The molecular weight excluding hydrogens is 266 g/mol. The van der Waals surface area contributed by atoms with E-state index in [4.69, 9.17) is 5.11 Å². The standard InChI is InChI=1S/C10H6F6O2/c1-4-5(8(17)18)2-3-6(9(11,12)13)7(4)10(14,15)16/h2-3H,1H3,(H,17,18). The minimum Gasteiger partial charge on any atom is -0.478 e. The highest BCUT2D eigenvalue weighted by Crippen LogP contribution is 2.42. The van der Waals surface area contributed by atoms with Gasteiger partial charge < -0.3 is 5.11 Å². The minimum atomic E-state index is -5.28. The van der Waals surface area contributed by atoms with Gasteiger partial charge in [0.15, 0.2) is 0 Å². The molecule has 1 aromatic rings. The van der Waals surface area contributed by atoms with Crippen LogP contribution in [0.1, 0.15) is 27.0 Å². The van der Waals surface area contributed by atoms with Crippen LogP contribution in [0.4, 0.5) is 26.3 Å². The van der Waals surface area contributed by atoms with Gasteiger partial charge in [0.05, 0.1) is 16.7 Å². The zero-order valence-corrected chi connectivity index (χ0v) is 8.78. The molecule has 0 bridgehead atoms. The lowest BCUT2D eigenvalue weighted by Crippen LogP contribution is -2.20. The predicted molar refractivity (Wildman–Crippen MR) is 48.1 cm³/mol. The summed E-state index contributed by atoms with van der Waals surface area (Å²) in [7, 11) is 0. The zero-order valence-electron chi connectivity index (χ0n) is 8.78. The molecule has 0 aliphatic rings. The van der Waals surface area contributed by atoms with Crippen molar-refractivity contribution in [2.75, 3.05) is 0 Å². The molecular formula is C10H6F6O2. The molecule has 1 N–H and O–H groups in total. The van der Waals surface area contributed by atoms with Crippen LogP contribution in [0, 0.1) is 6.92 Å².